The van der Waals surface area contributed by atoms with Crippen molar-refractivity contribution in [1.29, 1.82) is 5.26 Å². The van der Waals surface area contributed by atoms with Gasteiger partial charge < -0.3 is 10.1 Å². The van der Waals surface area contributed by atoms with E-state index in [2.05, 4.69) is 5.32 Å². The van der Waals surface area contributed by atoms with Crippen LogP contribution in [0, 0.1) is 23.2 Å². The first-order chi connectivity index (χ1) is 13.4. The van der Waals surface area contributed by atoms with Gasteiger partial charge in [0, 0.05) is 6.54 Å². The zero-order valence-corrected chi connectivity index (χ0v) is 16.3. The highest BCUT2D eigenvalue weighted by molar-refractivity contribution is 7.14. The first kappa shape index (κ1) is 20.0. The lowest BCUT2D eigenvalue weighted by atomic mass is 9.81. The lowest BCUT2D eigenvalue weighted by Crippen LogP contribution is -2.35. The first-order valence-electron chi connectivity index (χ1n) is 9.25. The number of hydrogen-bond donors (Lipinski definition) is 1. The Morgan fingerprint density at radius 1 is 1.32 bits per heavy atom. The van der Waals surface area contributed by atoms with Crippen LogP contribution in [0.3, 0.4) is 0 Å². The fourth-order valence-electron chi connectivity index (χ4n) is 3.67. The van der Waals surface area contributed by atoms with Gasteiger partial charge in [-0.3, -0.25) is 24.1 Å². The smallest absolute Gasteiger partial charge is 0.308 e. The fraction of sp³-hybridized carbons (Fsp3) is 0.526. The number of nitrogens with zero attached hydrogens (tertiary/aromatic N) is 2. The molecule has 148 valence electrons. The van der Waals surface area contributed by atoms with Gasteiger partial charge >= 0.3 is 5.97 Å². The number of nitriles is 1. The number of fused-ring (bicyclic) bond motifs is 1. The maximum atomic E-state index is 12.4. The number of likely N-dealkylation sites (tertiary alicyclic amines) is 1. The molecule has 1 aliphatic carbocycles. The molecule has 1 saturated heterocycles. The number of thiophene rings is 1. The second-order valence-corrected chi connectivity index (χ2v) is 7.89. The maximum absolute atomic E-state index is 12.4. The summed E-state index contributed by atoms with van der Waals surface area (Å²) in [5, 5.41) is 13.6. The predicted molar refractivity (Wildman–Crippen MR) is 100 cm³/mol. The van der Waals surface area contributed by atoms with Gasteiger partial charge in [0.05, 0.1) is 23.8 Å². The van der Waals surface area contributed by atoms with E-state index in [9.17, 15) is 19.2 Å². The monoisotopic (exact) mass is 403 g/mol. The van der Waals surface area contributed by atoms with Crippen LogP contribution in [0.2, 0.25) is 0 Å². The molecule has 0 unspecified atom stereocenters. The van der Waals surface area contributed by atoms with Gasteiger partial charge in [-0.25, -0.2) is 0 Å². The van der Waals surface area contributed by atoms with Crippen molar-refractivity contribution in [3.8, 4) is 6.07 Å². The largest absolute Gasteiger partial charge is 0.452 e. The summed E-state index contributed by atoms with van der Waals surface area (Å²) in [5.74, 6) is -2.11. The van der Waals surface area contributed by atoms with Gasteiger partial charge in [-0.1, -0.05) is 12.8 Å². The molecule has 8 nitrogen and oxygen atoms in total. The minimum atomic E-state index is -1.06. The summed E-state index contributed by atoms with van der Waals surface area (Å²) in [6.07, 6.45) is 2.12. The first-order valence-corrected chi connectivity index (χ1v) is 10.1. The number of carbonyl (C=O) groups is 4. The number of ether oxygens (including phenoxy) is 1. The van der Waals surface area contributed by atoms with Crippen molar-refractivity contribution in [1.82, 2.24) is 4.90 Å². The van der Waals surface area contributed by atoms with Crippen molar-refractivity contribution in [2.75, 3.05) is 11.9 Å². The summed E-state index contributed by atoms with van der Waals surface area (Å²) < 4.78 is 5.10. The average molecular weight is 403 g/mol. The highest BCUT2D eigenvalue weighted by Gasteiger charge is 2.47. The van der Waals surface area contributed by atoms with Crippen LogP contribution in [0.15, 0.2) is 11.4 Å². The van der Waals surface area contributed by atoms with Crippen molar-refractivity contribution >= 4 is 40.0 Å². The Morgan fingerprint density at radius 2 is 1.96 bits per heavy atom. The van der Waals surface area contributed by atoms with Gasteiger partial charge in [0.25, 0.3) is 5.91 Å². The van der Waals surface area contributed by atoms with Crippen molar-refractivity contribution in [3.05, 3.63) is 17.0 Å². The van der Waals surface area contributed by atoms with Gasteiger partial charge in [0.15, 0.2) is 6.10 Å². The van der Waals surface area contributed by atoms with E-state index in [1.807, 2.05) is 6.07 Å². The van der Waals surface area contributed by atoms with E-state index >= 15 is 0 Å². The minimum absolute atomic E-state index is 0.0264. The molecule has 0 bridgehead atoms. The summed E-state index contributed by atoms with van der Waals surface area (Å²) >= 11 is 1.20. The van der Waals surface area contributed by atoms with E-state index < -0.39 is 18.0 Å². The zero-order chi connectivity index (χ0) is 20.3. The molecule has 1 aromatic rings. The van der Waals surface area contributed by atoms with Crippen LogP contribution in [-0.4, -0.2) is 41.2 Å². The summed E-state index contributed by atoms with van der Waals surface area (Å²) in [5.41, 5.74) is 0.337. The highest BCUT2D eigenvalue weighted by Crippen LogP contribution is 2.38. The zero-order valence-electron chi connectivity index (χ0n) is 15.5. The van der Waals surface area contributed by atoms with Crippen LogP contribution >= 0.6 is 11.3 Å². The molecular formula is C19H21N3O5S. The second-order valence-electron chi connectivity index (χ2n) is 6.97. The van der Waals surface area contributed by atoms with Crippen LogP contribution in [-0.2, 0) is 23.9 Å². The standard InChI is InChI=1S/C19H21N3O5S/c1-11(16(24)21-17-12(10-20)7-9-28-17)27-15(23)6-8-22-18(25)13-4-2-3-5-14(13)19(22)26/h7,9,11,13-14H,2-6,8H2,1H3,(H,21,24)/t11-,13-,14-/m0/s1. The van der Waals surface area contributed by atoms with E-state index in [0.29, 0.717) is 10.6 Å². The third-order valence-electron chi connectivity index (χ3n) is 5.17. The SMILES string of the molecule is C[C@H](OC(=O)CCN1C(=O)[C@H]2CCCC[C@@H]2C1=O)C(=O)Nc1sccc1C#N. The molecule has 1 N–H and O–H groups in total. The number of imide groups is 1. The molecule has 3 rings (SSSR count). The molecule has 1 saturated carbocycles. The molecule has 3 atom stereocenters. The molecule has 0 radical (unpaired) electrons. The topological polar surface area (TPSA) is 117 Å². The molecule has 2 heterocycles. The van der Waals surface area contributed by atoms with Gasteiger partial charge in [0.2, 0.25) is 11.8 Å². The van der Waals surface area contributed by atoms with Crippen LogP contribution in [0.25, 0.3) is 0 Å². The number of anilines is 1. The quantitative estimate of drug-likeness (QED) is 0.574. The molecule has 1 aromatic heterocycles. The van der Waals surface area contributed by atoms with Crippen LogP contribution in [0.4, 0.5) is 5.00 Å². The summed E-state index contributed by atoms with van der Waals surface area (Å²) in [4.78, 5) is 50.2. The molecule has 28 heavy (non-hydrogen) atoms. The third kappa shape index (κ3) is 4.07. The third-order valence-corrected chi connectivity index (χ3v) is 6.00. The van der Waals surface area contributed by atoms with E-state index in [1.165, 1.54) is 18.3 Å². The molecule has 2 fully saturated rings. The second kappa shape index (κ2) is 8.52. The Morgan fingerprint density at radius 3 is 2.57 bits per heavy atom. The number of esters is 1. The molecular weight excluding hydrogens is 382 g/mol. The Hall–Kier alpha value is -2.73. The molecule has 9 heteroatoms. The van der Waals surface area contributed by atoms with Crippen molar-refractivity contribution in [2.24, 2.45) is 11.8 Å². The lowest BCUT2D eigenvalue weighted by Gasteiger charge is -2.19. The molecule has 3 amide bonds. The van der Waals surface area contributed by atoms with E-state index in [1.54, 1.807) is 11.4 Å². The van der Waals surface area contributed by atoms with Crippen molar-refractivity contribution in [3.63, 3.8) is 0 Å². The summed E-state index contributed by atoms with van der Waals surface area (Å²) in [6, 6.07) is 3.54. The predicted octanol–water partition coefficient (Wildman–Crippen LogP) is 2.06. The normalized spacial score (nSPS) is 22.4. The van der Waals surface area contributed by atoms with Crippen LogP contribution in [0.1, 0.15) is 44.6 Å². The number of nitrogens with one attached hydrogen (secondary N) is 1. The Bertz CT molecular complexity index is 819. The number of hydrogen-bond acceptors (Lipinski definition) is 7. The Kier molecular flexibility index (Phi) is 6.09. The maximum Gasteiger partial charge on any atom is 0.308 e. The van der Waals surface area contributed by atoms with Crippen molar-refractivity contribution < 1.29 is 23.9 Å². The molecule has 0 spiro atoms. The minimum Gasteiger partial charge on any atom is -0.452 e. The van der Waals surface area contributed by atoms with Gasteiger partial charge in [-0.05, 0) is 31.2 Å². The van der Waals surface area contributed by atoms with Crippen LogP contribution < -0.4 is 5.32 Å². The summed E-state index contributed by atoms with van der Waals surface area (Å²) in [6.45, 7) is 1.40. The number of amides is 3. The van der Waals surface area contributed by atoms with Crippen molar-refractivity contribution in [2.45, 2.75) is 45.1 Å². The highest BCUT2D eigenvalue weighted by atomic mass is 32.1. The summed E-state index contributed by atoms with van der Waals surface area (Å²) in [7, 11) is 0. The van der Waals surface area contributed by atoms with E-state index in [4.69, 9.17) is 10.00 Å². The number of carbonyl (C=O) groups excluding carboxylic acids is 4. The van der Waals surface area contributed by atoms with Gasteiger partial charge in [0.1, 0.15) is 11.1 Å². The Balaban J connectivity index is 1.49. The lowest BCUT2D eigenvalue weighted by molar-refractivity contribution is -0.154. The van der Waals surface area contributed by atoms with Crippen LogP contribution in [0.5, 0.6) is 0 Å². The molecule has 1 aliphatic heterocycles. The molecule has 0 aromatic carbocycles. The average Bonchev–Trinajstić information content (AvgIpc) is 3.23. The van der Waals surface area contributed by atoms with E-state index in [-0.39, 0.29) is 36.6 Å². The van der Waals surface area contributed by atoms with Gasteiger partial charge in [-0.2, -0.15) is 5.26 Å². The fourth-order valence-corrected chi connectivity index (χ4v) is 4.41. The number of rotatable bonds is 6. The van der Waals surface area contributed by atoms with Gasteiger partial charge in [-0.15, -0.1) is 11.3 Å². The molecule has 2 aliphatic rings. The van der Waals surface area contributed by atoms with E-state index in [0.717, 1.165) is 30.6 Å². The Labute approximate surface area is 166 Å².